The standard InChI is InChI=1S/C15H18FN5O/c1-10-8-11(16)2-3-13(10)18-15(22)14-9-21(20-19-14)12-4-6-17-7-5-12/h2-3,8-9,12,17H,4-7H2,1H3,(H,18,22). The van der Waals surface area contributed by atoms with Crippen molar-refractivity contribution in [3.05, 3.63) is 41.5 Å². The molecule has 6 nitrogen and oxygen atoms in total. The maximum atomic E-state index is 13.1. The normalized spacial score (nSPS) is 15.7. The van der Waals surface area contributed by atoms with Crippen LogP contribution in [-0.2, 0) is 0 Å². The lowest BCUT2D eigenvalue weighted by atomic mass is 10.1. The zero-order valence-electron chi connectivity index (χ0n) is 12.3. The highest BCUT2D eigenvalue weighted by Crippen LogP contribution is 2.19. The zero-order valence-corrected chi connectivity index (χ0v) is 12.3. The van der Waals surface area contributed by atoms with Gasteiger partial charge in [-0.05, 0) is 56.6 Å². The smallest absolute Gasteiger partial charge is 0.277 e. The van der Waals surface area contributed by atoms with Gasteiger partial charge in [-0.1, -0.05) is 5.21 Å². The minimum absolute atomic E-state index is 0.266. The van der Waals surface area contributed by atoms with Crippen LogP contribution in [0.3, 0.4) is 0 Å². The fourth-order valence-electron chi connectivity index (χ4n) is 2.58. The summed E-state index contributed by atoms with van der Waals surface area (Å²) >= 11 is 0. The predicted octanol–water partition coefficient (Wildman–Crippen LogP) is 1.90. The lowest BCUT2D eigenvalue weighted by Gasteiger charge is -2.22. The van der Waals surface area contributed by atoms with E-state index in [2.05, 4.69) is 20.9 Å². The molecule has 0 spiro atoms. The second kappa shape index (κ2) is 6.23. The van der Waals surface area contributed by atoms with Crippen molar-refractivity contribution in [3.63, 3.8) is 0 Å². The number of carbonyl (C=O) groups is 1. The van der Waals surface area contributed by atoms with Crippen molar-refractivity contribution in [2.75, 3.05) is 18.4 Å². The molecule has 0 atom stereocenters. The van der Waals surface area contributed by atoms with Crippen LogP contribution in [-0.4, -0.2) is 34.0 Å². The molecular weight excluding hydrogens is 285 g/mol. The first kappa shape index (κ1) is 14.6. The van der Waals surface area contributed by atoms with E-state index in [1.165, 1.54) is 12.1 Å². The van der Waals surface area contributed by atoms with Gasteiger partial charge >= 0.3 is 0 Å². The molecule has 0 saturated carbocycles. The number of anilines is 1. The highest BCUT2D eigenvalue weighted by molar-refractivity contribution is 6.03. The Morgan fingerprint density at radius 1 is 1.41 bits per heavy atom. The van der Waals surface area contributed by atoms with Crippen molar-refractivity contribution < 1.29 is 9.18 Å². The van der Waals surface area contributed by atoms with Gasteiger partial charge in [0, 0.05) is 5.69 Å². The highest BCUT2D eigenvalue weighted by atomic mass is 19.1. The Hall–Kier alpha value is -2.28. The molecule has 1 amide bonds. The number of hydrogen-bond donors (Lipinski definition) is 2. The SMILES string of the molecule is Cc1cc(F)ccc1NC(=O)c1cn(C2CCNCC2)nn1. The molecule has 3 rings (SSSR count). The molecule has 2 heterocycles. The lowest BCUT2D eigenvalue weighted by molar-refractivity contribution is 0.102. The fraction of sp³-hybridized carbons (Fsp3) is 0.400. The third kappa shape index (κ3) is 3.14. The van der Waals surface area contributed by atoms with Crippen LogP contribution in [0.1, 0.15) is 34.9 Å². The fourth-order valence-corrected chi connectivity index (χ4v) is 2.58. The van der Waals surface area contributed by atoms with Crippen molar-refractivity contribution in [3.8, 4) is 0 Å². The van der Waals surface area contributed by atoms with Crippen LogP contribution in [0.4, 0.5) is 10.1 Å². The van der Waals surface area contributed by atoms with Gasteiger partial charge < -0.3 is 10.6 Å². The summed E-state index contributed by atoms with van der Waals surface area (Å²) in [5, 5.41) is 14.0. The number of hydrogen-bond acceptors (Lipinski definition) is 4. The van der Waals surface area contributed by atoms with Crippen molar-refractivity contribution in [1.29, 1.82) is 0 Å². The summed E-state index contributed by atoms with van der Waals surface area (Å²) in [5.41, 5.74) is 1.50. The molecule has 116 valence electrons. The number of aryl methyl sites for hydroxylation is 1. The number of amides is 1. The second-order valence-electron chi connectivity index (χ2n) is 5.48. The van der Waals surface area contributed by atoms with E-state index in [9.17, 15) is 9.18 Å². The van der Waals surface area contributed by atoms with Gasteiger partial charge in [0.2, 0.25) is 0 Å². The van der Waals surface area contributed by atoms with Gasteiger partial charge in [0.25, 0.3) is 5.91 Å². The zero-order chi connectivity index (χ0) is 15.5. The van der Waals surface area contributed by atoms with Crippen LogP contribution >= 0.6 is 0 Å². The van der Waals surface area contributed by atoms with Crippen LogP contribution in [0.5, 0.6) is 0 Å². The van der Waals surface area contributed by atoms with Crippen molar-refractivity contribution in [2.45, 2.75) is 25.8 Å². The largest absolute Gasteiger partial charge is 0.320 e. The Bertz CT molecular complexity index is 678. The van der Waals surface area contributed by atoms with E-state index in [0.717, 1.165) is 25.9 Å². The Morgan fingerprint density at radius 3 is 2.91 bits per heavy atom. The number of aromatic nitrogens is 3. The van der Waals surface area contributed by atoms with Crippen molar-refractivity contribution in [1.82, 2.24) is 20.3 Å². The molecule has 1 aromatic heterocycles. The van der Waals surface area contributed by atoms with Crippen LogP contribution < -0.4 is 10.6 Å². The molecule has 1 aliphatic rings. The number of nitrogens with zero attached hydrogens (tertiary/aromatic N) is 3. The molecule has 22 heavy (non-hydrogen) atoms. The summed E-state index contributed by atoms with van der Waals surface area (Å²) in [6.07, 6.45) is 3.62. The number of rotatable bonds is 3. The van der Waals surface area contributed by atoms with Gasteiger partial charge in [0.15, 0.2) is 5.69 Å². The number of carbonyl (C=O) groups excluding carboxylic acids is 1. The molecular formula is C15H18FN5O. The molecule has 2 aromatic rings. The Labute approximate surface area is 127 Å². The third-order valence-electron chi connectivity index (χ3n) is 3.86. The molecule has 0 bridgehead atoms. The number of piperidine rings is 1. The summed E-state index contributed by atoms with van der Waals surface area (Å²) < 4.78 is 14.8. The first-order valence-electron chi connectivity index (χ1n) is 7.33. The highest BCUT2D eigenvalue weighted by Gasteiger charge is 2.19. The predicted molar refractivity (Wildman–Crippen MR) is 80.3 cm³/mol. The molecule has 1 aromatic carbocycles. The van der Waals surface area contributed by atoms with Crippen LogP contribution in [0.15, 0.2) is 24.4 Å². The minimum Gasteiger partial charge on any atom is -0.320 e. The van der Waals surface area contributed by atoms with Gasteiger partial charge in [-0.15, -0.1) is 5.10 Å². The van der Waals surface area contributed by atoms with E-state index >= 15 is 0 Å². The molecule has 1 fully saturated rings. The van der Waals surface area contributed by atoms with Crippen molar-refractivity contribution in [2.24, 2.45) is 0 Å². The van der Waals surface area contributed by atoms with E-state index in [4.69, 9.17) is 0 Å². The van der Waals surface area contributed by atoms with Gasteiger partial charge in [-0.3, -0.25) is 4.79 Å². The van der Waals surface area contributed by atoms with E-state index < -0.39 is 0 Å². The van der Waals surface area contributed by atoms with Crippen molar-refractivity contribution >= 4 is 11.6 Å². The summed E-state index contributed by atoms with van der Waals surface area (Å²) in [6, 6.07) is 4.51. The van der Waals surface area contributed by atoms with E-state index in [-0.39, 0.29) is 23.5 Å². The van der Waals surface area contributed by atoms with Crippen LogP contribution in [0.25, 0.3) is 0 Å². The Morgan fingerprint density at radius 2 is 2.18 bits per heavy atom. The first-order valence-corrected chi connectivity index (χ1v) is 7.33. The Kier molecular flexibility index (Phi) is 4.15. The Balaban J connectivity index is 1.71. The molecule has 2 N–H and O–H groups in total. The summed E-state index contributed by atoms with van der Waals surface area (Å²) in [5.74, 6) is -0.665. The molecule has 1 aliphatic heterocycles. The molecule has 1 saturated heterocycles. The average molecular weight is 303 g/mol. The van der Waals surface area contributed by atoms with Crippen LogP contribution in [0, 0.1) is 12.7 Å². The average Bonchev–Trinajstić information content (AvgIpc) is 3.01. The minimum atomic E-state index is -0.338. The summed E-state index contributed by atoms with van der Waals surface area (Å²) in [6.45, 7) is 3.63. The first-order chi connectivity index (χ1) is 10.6. The quantitative estimate of drug-likeness (QED) is 0.908. The van der Waals surface area contributed by atoms with E-state index in [1.807, 2.05) is 0 Å². The number of nitrogens with one attached hydrogen (secondary N) is 2. The third-order valence-corrected chi connectivity index (χ3v) is 3.86. The molecule has 0 aliphatic carbocycles. The van der Waals surface area contributed by atoms with Gasteiger partial charge in [-0.25, -0.2) is 9.07 Å². The van der Waals surface area contributed by atoms with Crippen LogP contribution in [0.2, 0.25) is 0 Å². The van der Waals surface area contributed by atoms with Gasteiger partial charge in [0.05, 0.1) is 12.2 Å². The van der Waals surface area contributed by atoms with E-state index in [1.54, 1.807) is 23.9 Å². The lowest BCUT2D eigenvalue weighted by Crippen LogP contribution is -2.29. The molecule has 0 unspecified atom stereocenters. The maximum Gasteiger partial charge on any atom is 0.277 e. The number of benzene rings is 1. The van der Waals surface area contributed by atoms with Gasteiger partial charge in [0.1, 0.15) is 5.82 Å². The maximum absolute atomic E-state index is 13.1. The molecule has 0 radical (unpaired) electrons. The van der Waals surface area contributed by atoms with E-state index in [0.29, 0.717) is 11.3 Å². The number of halogens is 1. The monoisotopic (exact) mass is 303 g/mol. The topological polar surface area (TPSA) is 71.8 Å². The summed E-state index contributed by atoms with van der Waals surface area (Å²) in [4.78, 5) is 12.2. The van der Waals surface area contributed by atoms with Gasteiger partial charge in [-0.2, -0.15) is 0 Å². The summed E-state index contributed by atoms with van der Waals surface area (Å²) in [7, 11) is 0. The molecule has 7 heteroatoms. The second-order valence-corrected chi connectivity index (χ2v) is 5.48.